The van der Waals surface area contributed by atoms with Gasteiger partial charge in [-0.05, 0) is 34.5 Å². The third-order valence-corrected chi connectivity index (χ3v) is 3.75. The summed E-state index contributed by atoms with van der Waals surface area (Å²) in [5, 5.41) is -0.450. The van der Waals surface area contributed by atoms with Crippen LogP contribution in [-0.4, -0.2) is 0 Å². The summed E-state index contributed by atoms with van der Waals surface area (Å²) in [5.41, 5.74) is 0.254. The van der Waals surface area contributed by atoms with E-state index in [4.69, 9.17) is 11.6 Å². The van der Waals surface area contributed by atoms with Crippen LogP contribution < -0.4 is 0 Å². The zero-order valence-electron chi connectivity index (χ0n) is 9.78. The Morgan fingerprint density at radius 2 is 1.88 bits per heavy atom. The number of hydrogen-bond donors (Lipinski definition) is 0. The van der Waals surface area contributed by atoms with E-state index >= 15 is 0 Å². The first-order valence-corrected chi connectivity index (χ1v) is 7.07. The van der Waals surface area contributed by atoms with Crippen molar-refractivity contribution in [2.45, 2.75) is 44.4 Å². The smallest absolute Gasteiger partial charge is 0.137 e. The topological polar surface area (TPSA) is 0 Å². The van der Waals surface area contributed by atoms with Gasteiger partial charge in [-0.2, -0.15) is 0 Å². The Bertz CT molecular complexity index is 369. The molecule has 0 nitrogen and oxygen atoms in total. The predicted octanol–water partition coefficient (Wildman–Crippen LogP) is 5.98. The maximum Gasteiger partial charge on any atom is 0.137 e. The molecule has 0 radical (unpaired) electrons. The highest BCUT2D eigenvalue weighted by Gasteiger charge is 2.15. The fourth-order valence-corrected chi connectivity index (χ4v) is 2.32. The van der Waals surface area contributed by atoms with E-state index in [9.17, 15) is 8.78 Å². The molecule has 96 valence electrons. The van der Waals surface area contributed by atoms with Crippen molar-refractivity contribution in [2.75, 3.05) is 0 Å². The van der Waals surface area contributed by atoms with Crippen LogP contribution in [0, 0.1) is 11.6 Å². The minimum absolute atomic E-state index is 0.133. The fourth-order valence-electron chi connectivity index (χ4n) is 1.68. The van der Waals surface area contributed by atoms with Crippen LogP contribution in [0.1, 0.15) is 50.0 Å². The van der Waals surface area contributed by atoms with E-state index in [1.54, 1.807) is 0 Å². The summed E-state index contributed by atoms with van der Waals surface area (Å²) < 4.78 is 27.0. The Hall–Kier alpha value is -0.150. The lowest BCUT2D eigenvalue weighted by Gasteiger charge is -2.11. The van der Waals surface area contributed by atoms with Gasteiger partial charge >= 0.3 is 0 Å². The molecule has 0 aromatic heterocycles. The maximum absolute atomic E-state index is 13.6. The van der Waals surface area contributed by atoms with Crippen molar-refractivity contribution in [1.29, 1.82) is 0 Å². The third kappa shape index (κ3) is 4.55. The zero-order chi connectivity index (χ0) is 12.8. The first kappa shape index (κ1) is 14.9. The van der Waals surface area contributed by atoms with Gasteiger partial charge in [-0.3, -0.25) is 0 Å². The van der Waals surface area contributed by atoms with Crippen molar-refractivity contribution in [1.82, 2.24) is 0 Å². The van der Waals surface area contributed by atoms with Crippen molar-refractivity contribution in [3.8, 4) is 0 Å². The van der Waals surface area contributed by atoms with Crippen LogP contribution >= 0.6 is 27.5 Å². The van der Waals surface area contributed by atoms with Crippen molar-refractivity contribution >= 4 is 27.5 Å². The van der Waals surface area contributed by atoms with Crippen LogP contribution in [0.4, 0.5) is 8.78 Å². The van der Waals surface area contributed by atoms with Gasteiger partial charge in [0.1, 0.15) is 11.6 Å². The van der Waals surface area contributed by atoms with Crippen molar-refractivity contribution in [3.05, 3.63) is 33.8 Å². The molecule has 0 amide bonds. The summed E-state index contributed by atoms with van der Waals surface area (Å²) in [6.45, 7) is 2.13. The van der Waals surface area contributed by atoms with Crippen molar-refractivity contribution in [2.24, 2.45) is 0 Å². The monoisotopic (exact) mass is 324 g/mol. The van der Waals surface area contributed by atoms with Gasteiger partial charge in [0.2, 0.25) is 0 Å². The number of rotatable bonds is 6. The molecule has 1 aromatic carbocycles. The molecule has 0 bridgehead atoms. The van der Waals surface area contributed by atoms with Crippen LogP contribution in [0.25, 0.3) is 0 Å². The van der Waals surface area contributed by atoms with Gasteiger partial charge in [0.05, 0.1) is 9.85 Å². The van der Waals surface area contributed by atoms with E-state index in [0.717, 1.165) is 31.7 Å². The average molecular weight is 326 g/mol. The minimum atomic E-state index is -0.472. The normalized spacial score (nSPS) is 12.8. The molecule has 0 saturated heterocycles. The molecule has 0 heterocycles. The summed E-state index contributed by atoms with van der Waals surface area (Å²) in [6.07, 6.45) is 5.01. The zero-order valence-corrected chi connectivity index (χ0v) is 12.1. The lowest BCUT2D eigenvalue weighted by Crippen LogP contribution is -1.97. The molecule has 1 rings (SSSR count). The van der Waals surface area contributed by atoms with E-state index in [2.05, 4.69) is 22.9 Å². The number of unbranched alkanes of at least 4 members (excludes halogenated alkanes) is 3. The Morgan fingerprint density at radius 1 is 1.18 bits per heavy atom. The van der Waals surface area contributed by atoms with E-state index in [1.807, 2.05) is 0 Å². The van der Waals surface area contributed by atoms with Gasteiger partial charge in [-0.15, -0.1) is 11.6 Å². The second-order valence-electron chi connectivity index (χ2n) is 4.10. The summed E-state index contributed by atoms with van der Waals surface area (Å²) in [4.78, 5) is 0. The highest BCUT2D eigenvalue weighted by atomic mass is 79.9. The van der Waals surface area contributed by atoms with Gasteiger partial charge < -0.3 is 0 Å². The van der Waals surface area contributed by atoms with Crippen LogP contribution in [0.2, 0.25) is 0 Å². The van der Waals surface area contributed by atoms with Crippen molar-refractivity contribution < 1.29 is 8.78 Å². The molecule has 0 fully saturated rings. The summed E-state index contributed by atoms with van der Waals surface area (Å²) in [6, 6.07) is 2.31. The molecule has 0 spiro atoms. The molecular formula is C13H16BrClF2. The molecule has 17 heavy (non-hydrogen) atoms. The Balaban J connectivity index is 2.62. The first-order valence-electron chi connectivity index (χ1n) is 5.84. The average Bonchev–Trinajstić information content (AvgIpc) is 2.29. The Kier molecular flexibility index (Phi) is 6.42. The van der Waals surface area contributed by atoms with E-state index in [0.29, 0.717) is 6.42 Å². The molecule has 0 aliphatic heterocycles. The fraction of sp³-hybridized carbons (Fsp3) is 0.538. The summed E-state index contributed by atoms with van der Waals surface area (Å²) >= 11 is 9.04. The standard InChI is InChI=1S/C13H16BrClF2/c1-2-3-4-5-6-11(15)9-7-13(17)10(14)8-12(9)16/h7-8,11H,2-6H2,1H3. The number of benzene rings is 1. The molecule has 1 atom stereocenters. The second kappa shape index (κ2) is 7.32. The van der Waals surface area contributed by atoms with Gasteiger partial charge in [0.15, 0.2) is 0 Å². The van der Waals surface area contributed by atoms with E-state index in [1.165, 1.54) is 6.07 Å². The number of halogens is 4. The summed E-state index contributed by atoms with van der Waals surface area (Å²) in [7, 11) is 0. The van der Waals surface area contributed by atoms with Crippen LogP contribution in [0.5, 0.6) is 0 Å². The summed E-state index contributed by atoms with van der Waals surface area (Å²) in [5.74, 6) is -0.922. The minimum Gasteiger partial charge on any atom is -0.207 e. The highest BCUT2D eigenvalue weighted by molar-refractivity contribution is 9.10. The maximum atomic E-state index is 13.6. The quantitative estimate of drug-likeness (QED) is 0.343. The number of hydrogen-bond acceptors (Lipinski definition) is 0. The van der Waals surface area contributed by atoms with Crippen LogP contribution in [0.3, 0.4) is 0 Å². The van der Waals surface area contributed by atoms with Gasteiger partial charge in [0.25, 0.3) is 0 Å². The van der Waals surface area contributed by atoms with Gasteiger partial charge in [-0.25, -0.2) is 8.78 Å². The lowest BCUT2D eigenvalue weighted by atomic mass is 10.0. The molecule has 0 saturated carbocycles. The van der Waals surface area contributed by atoms with Crippen LogP contribution in [-0.2, 0) is 0 Å². The molecule has 0 N–H and O–H groups in total. The molecular weight excluding hydrogens is 309 g/mol. The lowest BCUT2D eigenvalue weighted by molar-refractivity contribution is 0.562. The predicted molar refractivity (Wildman–Crippen MR) is 71.4 cm³/mol. The van der Waals surface area contributed by atoms with Crippen LogP contribution in [0.15, 0.2) is 16.6 Å². The van der Waals surface area contributed by atoms with E-state index in [-0.39, 0.29) is 10.0 Å². The molecule has 4 heteroatoms. The highest BCUT2D eigenvalue weighted by Crippen LogP contribution is 2.31. The molecule has 1 unspecified atom stereocenters. The second-order valence-corrected chi connectivity index (χ2v) is 5.49. The third-order valence-electron chi connectivity index (χ3n) is 2.69. The molecule has 1 aromatic rings. The Morgan fingerprint density at radius 3 is 2.53 bits per heavy atom. The van der Waals surface area contributed by atoms with E-state index < -0.39 is 17.0 Å². The number of alkyl halides is 1. The Labute approximate surface area is 114 Å². The first-order chi connectivity index (χ1) is 8.06. The van der Waals surface area contributed by atoms with Crippen molar-refractivity contribution in [3.63, 3.8) is 0 Å². The SMILES string of the molecule is CCCCCCC(Cl)c1cc(F)c(Br)cc1F. The van der Waals surface area contributed by atoms with Gasteiger partial charge in [0, 0.05) is 5.56 Å². The largest absolute Gasteiger partial charge is 0.207 e. The molecule has 0 aliphatic rings. The van der Waals surface area contributed by atoms with Gasteiger partial charge in [-0.1, -0.05) is 32.6 Å². The molecule has 0 aliphatic carbocycles.